The average molecular weight is 277 g/mol. The maximum atomic E-state index is 10.8. The Balaban J connectivity index is 1.97. The van der Waals surface area contributed by atoms with E-state index >= 15 is 0 Å². The first-order valence-electron chi connectivity index (χ1n) is 5.95. The number of nitro benzene ring substituents is 1. The quantitative estimate of drug-likeness (QED) is 0.672. The van der Waals surface area contributed by atoms with Gasteiger partial charge in [0, 0.05) is 41.9 Å². The van der Waals surface area contributed by atoms with Crippen LogP contribution in [0.25, 0.3) is 0 Å². The Hall–Kier alpha value is -1.95. The fourth-order valence-corrected chi connectivity index (χ4v) is 2.58. The Morgan fingerprint density at radius 2 is 2.16 bits per heavy atom. The van der Waals surface area contributed by atoms with E-state index in [0.717, 1.165) is 28.4 Å². The van der Waals surface area contributed by atoms with Gasteiger partial charge in [0.2, 0.25) is 0 Å². The zero-order valence-corrected chi connectivity index (χ0v) is 11.7. The van der Waals surface area contributed by atoms with Crippen molar-refractivity contribution in [3.63, 3.8) is 0 Å². The van der Waals surface area contributed by atoms with E-state index in [1.807, 2.05) is 25.3 Å². The lowest BCUT2D eigenvalue weighted by atomic mass is 10.2. The molecule has 1 aromatic carbocycles. The molecule has 0 atom stereocenters. The molecule has 0 amide bonds. The zero-order valence-electron chi connectivity index (χ0n) is 10.8. The second-order valence-electron chi connectivity index (χ2n) is 4.37. The molecule has 0 aliphatic rings. The summed E-state index contributed by atoms with van der Waals surface area (Å²) < 4.78 is 0. The maximum absolute atomic E-state index is 10.8. The molecule has 1 N–H and O–H groups in total. The van der Waals surface area contributed by atoms with Crippen LogP contribution in [0.15, 0.2) is 23.6 Å². The summed E-state index contributed by atoms with van der Waals surface area (Å²) in [4.78, 5) is 14.8. The number of nitro groups is 1. The van der Waals surface area contributed by atoms with Crippen molar-refractivity contribution in [3.05, 3.63) is 50.0 Å². The number of nitrogens with one attached hydrogen (secondary N) is 1. The molecule has 2 rings (SSSR count). The summed E-state index contributed by atoms with van der Waals surface area (Å²) in [5.41, 5.74) is 2.81. The fraction of sp³-hybridized carbons (Fsp3) is 0.308. The third-order valence-corrected chi connectivity index (χ3v) is 3.63. The number of aryl methyl sites for hydroxylation is 2. The molecule has 6 heteroatoms. The summed E-state index contributed by atoms with van der Waals surface area (Å²) in [7, 11) is 0. The number of aromatic nitrogens is 1. The van der Waals surface area contributed by atoms with Gasteiger partial charge in [0.05, 0.1) is 9.93 Å². The molecule has 0 bridgehead atoms. The summed E-state index contributed by atoms with van der Waals surface area (Å²) in [5.74, 6) is 0. The molecule has 0 spiro atoms. The Kier molecular flexibility index (Phi) is 4.11. The van der Waals surface area contributed by atoms with E-state index in [4.69, 9.17) is 0 Å². The molecule has 1 heterocycles. The van der Waals surface area contributed by atoms with Gasteiger partial charge in [0.25, 0.3) is 5.69 Å². The van der Waals surface area contributed by atoms with Crippen molar-refractivity contribution in [2.45, 2.75) is 20.3 Å². The monoisotopic (exact) mass is 277 g/mol. The molecule has 5 nitrogen and oxygen atoms in total. The lowest BCUT2D eigenvalue weighted by Gasteiger charge is -2.06. The molecule has 0 aliphatic heterocycles. The Labute approximate surface area is 115 Å². The van der Waals surface area contributed by atoms with Crippen LogP contribution in [0.5, 0.6) is 0 Å². The van der Waals surface area contributed by atoms with Gasteiger partial charge in [-0.15, -0.1) is 11.3 Å². The number of hydrogen-bond donors (Lipinski definition) is 1. The van der Waals surface area contributed by atoms with Crippen LogP contribution in [0.1, 0.15) is 16.3 Å². The molecule has 0 saturated carbocycles. The van der Waals surface area contributed by atoms with Crippen molar-refractivity contribution < 1.29 is 4.92 Å². The maximum Gasteiger partial charge on any atom is 0.271 e. The number of rotatable bonds is 5. The minimum Gasteiger partial charge on any atom is -0.384 e. The normalized spacial score (nSPS) is 10.4. The van der Waals surface area contributed by atoms with Crippen molar-refractivity contribution >= 4 is 22.7 Å². The lowest BCUT2D eigenvalue weighted by Crippen LogP contribution is -2.05. The minimum absolute atomic E-state index is 0.118. The van der Waals surface area contributed by atoms with E-state index in [9.17, 15) is 10.1 Å². The summed E-state index contributed by atoms with van der Waals surface area (Å²) in [6.07, 6.45) is 0.820. The third kappa shape index (κ3) is 3.75. The molecule has 0 radical (unpaired) electrons. The highest BCUT2D eigenvalue weighted by atomic mass is 32.1. The van der Waals surface area contributed by atoms with Crippen molar-refractivity contribution in [1.29, 1.82) is 0 Å². The van der Waals surface area contributed by atoms with Crippen LogP contribution in [0.2, 0.25) is 0 Å². The van der Waals surface area contributed by atoms with Crippen LogP contribution in [0.3, 0.4) is 0 Å². The molecule has 0 aliphatic carbocycles. The van der Waals surface area contributed by atoms with Gasteiger partial charge in [-0.1, -0.05) is 0 Å². The van der Waals surface area contributed by atoms with Crippen LogP contribution >= 0.6 is 11.3 Å². The number of non-ortho nitro benzene ring substituents is 1. The minimum atomic E-state index is -0.373. The highest BCUT2D eigenvalue weighted by Gasteiger charge is 2.07. The number of nitrogens with zero attached hydrogens (tertiary/aromatic N) is 2. The van der Waals surface area contributed by atoms with E-state index in [0.29, 0.717) is 6.54 Å². The number of thiazole rings is 1. The topological polar surface area (TPSA) is 68.1 Å². The number of hydrogen-bond acceptors (Lipinski definition) is 5. The first kappa shape index (κ1) is 13.5. The number of anilines is 1. The van der Waals surface area contributed by atoms with E-state index in [-0.39, 0.29) is 10.6 Å². The van der Waals surface area contributed by atoms with Gasteiger partial charge >= 0.3 is 0 Å². The van der Waals surface area contributed by atoms with Crippen LogP contribution in [0.4, 0.5) is 11.4 Å². The van der Waals surface area contributed by atoms with Crippen molar-refractivity contribution in [1.82, 2.24) is 4.98 Å². The molecular formula is C13H15N3O2S. The molecule has 1 aromatic heterocycles. The largest absolute Gasteiger partial charge is 0.384 e. The molecule has 100 valence electrons. The summed E-state index contributed by atoms with van der Waals surface area (Å²) in [6, 6.07) is 5.02. The molecule has 2 aromatic rings. The summed E-state index contributed by atoms with van der Waals surface area (Å²) >= 11 is 1.64. The predicted octanol–water partition coefficient (Wildman–Crippen LogP) is 3.32. The standard InChI is InChI=1S/C13H15N3O2S/c1-9-5-11(7-12(6-9)16(17)18)14-4-3-13-15-10(2)8-19-13/h5-8,14H,3-4H2,1-2H3. The first-order valence-corrected chi connectivity index (χ1v) is 6.83. The van der Waals surface area contributed by atoms with E-state index < -0.39 is 0 Å². The van der Waals surface area contributed by atoms with E-state index in [2.05, 4.69) is 10.3 Å². The summed E-state index contributed by atoms with van der Waals surface area (Å²) in [5, 5.41) is 17.1. The lowest BCUT2D eigenvalue weighted by molar-refractivity contribution is -0.384. The van der Waals surface area contributed by atoms with Crippen LogP contribution < -0.4 is 5.32 Å². The van der Waals surface area contributed by atoms with Crippen LogP contribution in [0, 0.1) is 24.0 Å². The second-order valence-corrected chi connectivity index (χ2v) is 5.32. The summed E-state index contributed by atoms with van der Waals surface area (Å²) in [6.45, 7) is 4.53. The fourth-order valence-electron chi connectivity index (χ4n) is 1.80. The van der Waals surface area contributed by atoms with Gasteiger partial charge in [-0.05, 0) is 25.5 Å². The van der Waals surface area contributed by atoms with Gasteiger partial charge in [0.1, 0.15) is 0 Å². The molecule has 0 fully saturated rings. The number of benzene rings is 1. The Bertz CT molecular complexity index is 595. The van der Waals surface area contributed by atoms with Crippen molar-refractivity contribution in [2.75, 3.05) is 11.9 Å². The average Bonchev–Trinajstić information content (AvgIpc) is 2.74. The second kappa shape index (κ2) is 5.79. The van der Waals surface area contributed by atoms with E-state index in [1.54, 1.807) is 23.5 Å². The smallest absolute Gasteiger partial charge is 0.271 e. The molecule has 0 unspecified atom stereocenters. The van der Waals surface area contributed by atoms with Gasteiger partial charge < -0.3 is 5.32 Å². The molecule has 19 heavy (non-hydrogen) atoms. The first-order chi connectivity index (χ1) is 9.04. The molecule has 0 saturated heterocycles. The SMILES string of the molecule is Cc1cc(NCCc2nc(C)cs2)cc([N+](=O)[O-])c1. The zero-order chi connectivity index (χ0) is 13.8. The van der Waals surface area contributed by atoms with Gasteiger partial charge in [-0.25, -0.2) is 4.98 Å². The molecular weight excluding hydrogens is 262 g/mol. The van der Waals surface area contributed by atoms with Gasteiger partial charge in [0.15, 0.2) is 0 Å². The van der Waals surface area contributed by atoms with E-state index in [1.165, 1.54) is 0 Å². The van der Waals surface area contributed by atoms with Gasteiger partial charge in [-0.3, -0.25) is 10.1 Å². The third-order valence-electron chi connectivity index (χ3n) is 2.61. The predicted molar refractivity (Wildman–Crippen MR) is 76.9 cm³/mol. The highest BCUT2D eigenvalue weighted by molar-refractivity contribution is 7.09. The van der Waals surface area contributed by atoms with Crippen molar-refractivity contribution in [2.24, 2.45) is 0 Å². The highest BCUT2D eigenvalue weighted by Crippen LogP contribution is 2.20. The van der Waals surface area contributed by atoms with Crippen LogP contribution in [-0.2, 0) is 6.42 Å². The Morgan fingerprint density at radius 3 is 2.79 bits per heavy atom. The van der Waals surface area contributed by atoms with Gasteiger partial charge in [-0.2, -0.15) is 0 Å². The van der Waals surface area contributed by atoms with Crippen LogP contribution in [-0.4, -0.2) is 16.5 Å². The van der Waals surface area contributed by atoms with Crippen molar-refractivity contribution in [3.8, 4) is 0 Å². The Morgan fingerprint density at radius 1 is 1.37 bits per heavy atom.